The van der Waals surface area contributed by atoms with E-state index in [9.17, 15) is 4.79 Å². The summed E-state index contributed by atoms with van der Waals surface area (Å²) >= 11 is 0. The zero-order valence-corrected chi connectivity index (χ0v) is 17.4. The fraction of sp³-hybridized carbons (Fsp3) is 0.400. The minimum Gasteiger partial charge on any atom is -0.300 e. The van der Waals surface area contributed by atoms with Crippen LogP contribution in [0, 0.1) is 10.8 Å². The fourth-order valence-corrected chi connectivity index (χ4v) is 4.36. The molecule has 0 aliphatic heterocycles. The van der Waals surface area contributed by atoms with Gasteiger partial charge in [-0.3, -0.25) is 0 Å². The highest BCUT2D eigenvalue weighted by Gasteiger charge is 2.43. The largest absolute Gasteiger partial charge is 0.300 e. The second kappa shape index (κ2) is 8.98. The molecule has 0 heterocycles. The topological polar surface area (TPSA) is 17.1 Å². The summed E-state index contributed by atoms with van der Waals surface area (Å²) < 4.78 is 0. The van der Waals surface area contributed by atoms with E-state index in [0.29, 0.717) is 6.42 Å². The molecule has 1 unspecified atom stereocenters. The molecule has 0 saturated carbocycles. The maximum Gasteiger partial charge on any atom is 0.130 e. The van der Waals surface area contributed by atoms with Gasteiger partial charge in [0, 0.05) is 11.8 Å². The van der Waals surface area contributed by atoms with Crippen molar-refractivity contribution >= 4 is 5.78 Å². The van der Waals surface area contributed by atoms with Crippen molar-refractivity contribution in [2.45, 2.75) is 54.4 Å². The highest BCUT2D eigenvalue weighted by Crippen LogP contribution is 2.55. The molecule has 0 aromatic rings. The molecule has 1 aliphatic rings. The Morgan fingerprint density at radius 1 is 1.04 bits per heavy atom. The van der Waals surface area contributed by atoms with Crippen molar-refractivity contribution < 1.29 is 4.79 Å². The normalized spacial score (nSPS) is 21.6. The Kier molecular flexibility index (Phi) is 7.56. The molecule has 0 amide bonds. The van der Waals surface area contributed by atoms with Crippen molar-refractivity contribution in [3.8, 4) is 0 Å². The molecule has 1 aliphatic carbocycles. The van der Waals surface area contributed by atoms with Crippen LogP contribution >= 0.6 is 0 Å². The van der Waals surface area contributed by atoms with Crippen LogP contribution in [0.5, 0.6) is 0 Å². The van der Waals surface area contributed by atoms with E-state index >= 15 is 0 Å². The molecule has 0 bridgehead atoms. The Bertz CT molecular complexity index is 719. The molecule has 1 rings (SSSR count). The molecule has 140 valence electrons. The first-order valence-electron chi connectivity index (χ1n) is 9.33. The molecule has 0 saturated heterocycles. The van der Waals surface area contributed by atoms with Gasteiger partial charge in [0.1, 0.15) is 5.78 Å². The third-order valence-electron chi connectivity index (χ3n) is 4.89. The Balaban J connectivity index is 3.70. The first-order chi connectivity index (χ1) is 12.2. The summed E-state index contributed by atoms with van der Waals surface area (Å²) in [6.45, 7) is 20.3. The van der Waals surface area contributed by atoms with Gasteiger partial charge >= 0.3 is 0 Å². The van der Waals surface area contributed by atoms with E-state index in [1.807, 2.05) is 32.1 Å². The van der Waals surface area contributed by atoms with Crippen LogP contribution in [-0.4, -0.2) is 5.78 Å². The van der Waals surface area contributed by atoms with E-state index in [4.69, 9.17) is 0 Å². The standard InChI is InChI=1S/C25H34O/c1-9-13-16-23-21(14-10-2)20(12-4)22(15-11-3)25(23,8)18-24(6,7)17-19(5)26/h9-16H,1,4,17-18H2,2-3,5-8H3/b14-10-,15-11-,16-13-. The summed E-state index contributed by atoms with van der Waals surface area (Å²) in [5.74, 6) is 0.234. The molecule has 1 nitrogen and oxygen atoms in total. The van der Waals surface area contributed by atoms with E-state index in [1.165, 1.54) is 22.3 Å². The number of Topliss-reactive ketones (excluding diaryl/α,β-unsaturated/α-hetero) is 1. The monoisotopic (exact) mass is 350 g/mol. The zero-order valence-electron chi connectivity index (χ0n) is 17.4. The summed E-state index contributed by atoms with van der Waals surface area (Å²) in [4.78, 5) is 11.8. The van der Waals surface area contributed by atoms with Crippen molar-refractivity contribution in [2.24, 2.45) is 10.8 Å². The van der Waals surface area contributed by atoms with Gasteiger partial charge in [0.15, 0.2) is 0 Å². The Hall–Kier alpha value is -2.15. The van der Waals surface area contributed by atoms with Gasteiger partial charge in [0.25, 0.3) is 0 Å². The lowest BCUT2D eigenvalue weighted by Gasteiger charge is -2.38. The van der Waals surface area contributed by atoms with Crippen LogP contribution in [0.3, 0.4) is 0 Å². The molecule has 1 atom stereocenters. The quantitative estimate of drug-likeness (QED) is 0.406. The van der Waals surface area contributed by atoms with Crippen molar-refractivity contribution in [3.63, 3.8) is 0 Å². The molecule has 0 aromatic heterocycles. The maximum atomic E-state index is 11.8. The van der Waals surface area contributed by atoms with E-state index in [0.717, 1.165) is 6.42 Å². The molecule has 0 spiro atoms. The number of carbonyl (C=O) groups excluding carboxylic acids is 1. The highest BCUT2D eigenvalue weighted by atomic mass is 16.1. The molecule has 1 heteroatoms. The SMILES string of the molecule is C=C/C=C\C1=C(/C=C\C)C(C=C)=C(/C=C\C)C1(C)CC(C)(C)CC(C)=O. The van der Waals surface area contributed by atoms with Crippen molar-refractivity contribution in [1.82, 2.24) is 0 Å². The number of hydrogen-bond donors (Lipinski definition) is 0. The van der Waals surface area contributed by atoms with Crippen LogP contribution in [0.2, 0.25) is 0 Å². The van der Waals surface area contributed by atoms with Gasteiger partial charge in [0.05, 0.1) is 0 Å². The third-order valence-corrected chi connectivity index (χ3v) is 4.89. The third kappa shape index (κ3) is 4.72. The lowest BCUT2D eigenvalue weighted by Crippen LogP contribution is -2.29. The molecular weight excluding hydrogens is 316 g/mol. The van der Waals surface area contributed by atoms with Gasteiger partial charge < -0.3 is 4.79 Å². The van der Waals surface area contributed by atoms with Crippen LogP contribution in [0.25, 0.3) is 0 Å². The van der Waals surface area contributed by atoms with Crippen molar-refractivity contribution in [3.05, 3.63) is 84.1 Å². The second-order valence-corrected chi connectivity index (χ2v) is 8.01. The van der Waals surface area contributed by atoms with Gasteiger partial charge in [0.2, 0.25) is 0 Å². The van der Waals surface area contributed by atoms with Crippen molar-refractivity contribution in [1.29, 1.82) is 0 Å². The number of carbonyl (C=O) groups is 1. The van der Waals surface area contributed by atoms with Gasteiger partial charge in [-0.2, -0.15) is 0 Å². The van der Waals surface area contributed by atoms with Crippen LogP contribution in [-0.2, 0) is 4.79 Å². The fourth-order valence-electron chi connectivity index (χ4n) is 4.36. The van der Waals surface area contributed by atoms with Gasteiger partial charge in [-0.25, -0.2) is 0 Å². The molecule has 26 heavy (non-hydrogen) atoms. The molecule has 0 N–H and O–H groups in total. The van der Waals surface area contributed by atoms with Crippen LogP contribution < -0.4 is 0 Å². The van der Waals surface area contributed by atoms with E-state index in [-0.39, 0.29) is 16.6 Å². The summed E-state index contributed by atoms with van der Waals surface area (Å²) in [6, 6.07) is 0. The summed E-state index contributed by atoms with van der Waals surface area (Å²) in [7, 11) is 0. The number of allylic oxidation sites excluding steroid dienone is 12. The van der Waals surface area contributed by atoms with Crippen LogP contribution in [0.15, 0.2) is 84.1 Å². The number of ketones is 1. The van der Waals surface area contributed by atoms with Crippen molar-refractivity contribution in [2.75, 3.05) is 0 Å². The predicted octanol–water partition coefficient (Wildman–Crippen LogP) is 7.08. The van der Waals surface area contributed by atoms with Crippen LogP contribution in [0.4, 0.5) is 0 Å². The van der Waals surface area contributed by atoms with Gasteiger partial charge in [-0.05, 0) is 54.9 Å². The molecule has 0 aromatic carbocycles. The Labute approximate surface area is 160 Å². The minimum atomic E-state index is -0.191. The smallest absolute Gasteiger partial charge is 0.130 e. The van der Waals surface area contributed by atoms with E-state index in [1.54, 1.807) is 6.92 Å². The maximum absolute atomic E-state index is 11.8. The molecule has 0 fully saturated rings. The van der Waals surface area contributed by atoms with Gasteiger partial charge in [-0.1, -0.05) is 82.5 Å². The Morgan fingerprint density at radius 3 is 2.08 bits per heavy atom. The zero-order chi connectivity index (χ0) is 20.0. The number of hydrogen-bond acceptors (Lipinski definition) is 1. The lowest BCUT2D eigenvalue weighted by atomic mass is 9.66. The predicted molar refractivity (Wildman–Crippen MR) is 115 cm³/mol. The Morgan fingerprint density at radius 2 is 1.62 bits per heavy atom. The van der Waals surface area contributed by atoms with E-state index < -0.39 is 0 Å². The van der Waals surface area contributed by atoms with Gasteiger partial charge in [-0.15, -0.1) is 0 Å². The summed E-state index contributed by atoms with van der Waals surface area (Å²) in [5.41, 5.74) is 4.61. The number of rotatable bonds is 9. The average molecular weight is 351 g/mol. The second-order valence-electron chi connectivity index (χ2n) is 8.01. The summed E-state index contributed by atoms with van der Waals surface area (Å²) in [5, 5.41) is 0. The average Bonchev–Trinajstić information content (AvgIpc) is 2.72. The van der Waals surface area contributed by atoms with E-state index in [2.05, 4.69) is 64.3 Å². The van der Waals surface area contributed by atoms with Crippen LogP contribution in [0.1, 0.15) is 54.4 Å². The first kappa shape index (κ1) is 21.9. The minimum absolute atomic E-state index is 0.0989. The molecular formula is C25H34O. The first-order valence-corrected chi connectivity index (χ1v) is 9.33. The highest BCUT2D eigenvalue weighted by molar-refractivity contribution is 5.76. The molecule has 0 radical (unpaired) electrons. The summed E-state index contributed by atoms with van der Waals surface area (Å²) in [6.07, 6.45) is 17.9. The lowest BCUT2D eigenvalue weighted by molar-refractivity contribution is -0.119.